The molecule has 2 aromatic rings. The third-order valence-corrected chi connectivity index (χ3v) is 1.67. The van der Waals surface area contributed by atoms with E-state index in [0.29, 0.717) is 6.29 Å². The summed E-state index contributed by atoms with van der Waals surface area (Å²) in [5.41, 5.74) is 1.70. The summed E-state index contributed by atoms with van der Waals surface area (Å²) in [6, 6.07) is 3.65. The number of carbonyl (C=O) groups excluding carboxylic acids is 1. The zero-order chi connectivity index (χ0) is 9.10. The average molecular weight is 173 g/mol. The van der Waals surface area contributed by atoms with Crippen molar-refractivity contribution >= 4 is 6.29 Å². The minimum atomic E-state index is 0.207. The lowest BCUT2D eigenvalue weighted by molar-refractivity contribution is 0.111. The number of H-pyrrole nitrogens is 1. The fraction of sp³-hybridized carbons (Fsp3) is 0. The third-order valence-electron chi connectivity index (χ3n) is 1.67. The van der Waals surface area contributed by atoms with Crippen LogP contribution in [0.1, 0.15) is 10.6 Å². The molecule has 0 saturated heterocycles. The smallest absolute Gasteiger partial charge is 0.193 e. The van der Waals surface area contributed by atoms with Crippen LogP contribution < -0.4 is 0 Å². The highest BCUT2D eigenvalue weighted by Crippen LogP contribution is 2.14. The van der Waals surface area contributed by atoms with Gasteiger partial charge in [0.2, 0.25) is 0 Å². The van der Waals surface area contributed by atoms with E-state index in [0.717, 1.165) is 11.3 Å². The second kappa shape index (κ2) is 3.18. The Morgan fingerprint density at radius 2 is 2.31 bits per heavy atom. The molecule has 13 heavy (non-hydrogen) atoms. The summed E-state index contributed by atoms with van der Waals surface area (Å²) >= 11 is 0. The SMILES string of the molecule is O=Cc1nccc(-c2cc[nH]c2)n1. The molecule has 0 radical (unpaired) electrons. The van der Waals surface area contributed by atoms with E-state index >= 15 is 0 Å². The number of aldehydes is 1. The van der Waals surface area contributed by atoms with Crippen LogP contribution in [-0.2, 0) is 0 Å². The van der Waals surface area contributed by atoms with Crippen molar-refractivity contribution < 1.29 is 4.79 Å². The van der Waals surface area contributed by atoms with Crippen molar-refractivity contribution in [3.63, 3.8) is 0 Å². The van der Waals surface area contributed by atoms with Gasteiger partial charge < -0.3 is 4.98 Å². The van der Waals surface area contributed by atoms with E-state index in [1.165, 1.54) is 0 Å². The summed E-state index contributed by atoms with van der Waals surface area (Å²) in [6.45, 7) is 0. The zero-order valence-corrected chi connectivity index (χ0v) is 6.77. The molecular formula is C9H7N3O. The summed E-state index contributed by atoms with van der Waals surface area (Å²) in [5.74, 6) is 0.207. The zero-order valence-electron chi connectivity index (χ0n) is 6.77. The molecule has 0 aliphatic heterocycles. The number of carbonyl (C=O) groups is 1. The van der Waals surface area contributed by atoms with E-state index in [1.807, 2.05) is 12.3 Å². The predicted molar refractivity (Wildman–Crippen MR) is 47.2 cm³/mol. The molecule has 0 aliphatic rings. The maximum Gasteiger partial charge on any atom is 0.193 e. The highest BCUT2D eigenvalue weighted by Gasteiger charge is 2.00. The van der Waals surface area contributed by atoms with Gasteiger partial charge in [-0.05, 0) is 12.1 Å². The molecular weight excluding hydrogens is 166 g/mol. The average Bonchev–Trinajstić information content (AvgIpc) is 2.71. The Hall–Kier alpha value is -1.97. The van der Waals surface area contributed by atoms with E-state index in [2.05, 4.69) is 15.0 Å². The Kier molecular flexibility index (Phi) is 1.88. The number of hydrogen-bond donors (Lipinski definition) is 1. The molecule has 0 unspecified atom stereocenters. The summed E-state index contributed by atoms with van der Waals surface area (Å²) in [5, 5.41) is 0. The molecule has 0 spiro atoms. The molecule has 0 aromatic carbocycles. The molecule has 1 N–H and O–H groups in total. The number of nitrogens with one attached hydrogen (secondary N) is 1. The summed E-state index contributed by atoms with van der Waals surface area (Å²) in [6.07, 6.45) is 5.82. The normalized spacial score (nSPS) is 9.85. The Morgan fingerprint density at radius 3 is 3.00 bits per heavy atom. The molecule has 0 saturated carbocycles. The first kappa shape index (κ1) is 7.67. The van der Waals surface area contributed by atoms with Crippen LogP contribution in [0.25, 0.3) is 11.3 Å². The van der Waals surface area contributed by atoms with Gasteiger partial charge in [-0.2, -0.15) is 0 Å². The quantitative estimate of drug-likeness (QED) is 0.696. The molecule has 0 bridgehead atoms. The first-order chi connectivity index (χ1) is 6.40. The third kappa shape index (κ3) is 1.46. The predicted octanol–water partition coefficient (Wildman–Crippen LogP) is 1.28. The van der Waals surface area contributed by atoms with Crippen LogP contribution in [0.3, 0.4) is 0 Å². The van der Waals surface area contributed by atoms with Gasteiger partial charge in [0.05, 0.1) is 5.69 Å². The fourth-order valence-corrected chi connectivity index (χ4v) is 1.07. The van der Waals surface area contributed by atoms with Gasteiger partial charge in [-0.15, -0.1) is 0 Å². The van der Waals surface area contributed by atoms with Gasteiger partial charge in [0.1, 0.15) is 0 Å². The van der Waals surface area contributed by atoms with Gasteiger partial charge in [-0.1, -0.05) is 0 Å². The molecule has 2 heterocycles. The first-order valence-electron chi connectivity index (χ1n) is 3.81. The Labute approximate surface area is 74.7 Å². The van der Waals surface area contributed by atoms with Crippen molar-refractivity contribution in [2.24, 2.45) is 0 Å². The Balaban J connectivity index is 2.47. The maximum atomic E-state index is 10.4. The number of rotatable bonds is 2. The van der Waals surface area contributed by atoms with Crippen molar-refractivity contribution in [2.45, 2.75) is 0 Å². The largest absolute Gasteiger partial charge is 0.367 e. The topological polar surface area (TPSA) is 58.6 Å². The highest BCUT2D eigenvalue weighted by molar-refractivity contribution is 5.70. The van der Waals surface area contributed by atoms with E-state index in [4.69, 9.17) is 0 Å². The number of hydrogen-bond acceptors (Lipinski definition) is 3. The number of aromatic nitrogens is 3. The standard InChI is InChI=1S/C9H7N3O/c13-6-9-11-4-2-8(12-9)7-1-3-10-5-7/h1-6,10H. The van der Waals surface area contributed by atoms with E-state index in [1.54, 1.807) is 18.5 Å². The summed E-state index contributed by atoms with van der Waals surface area (Å²) < 4.78 is 0. The second-order valence-corrected chi connectivity index (χ2v) is 2.52. The summed E-state index contributed by atoms with van der Waals surface area (Å²) in [7, 11) is 0. The monoisotopic (exact) mass is 173 g/mol. The van der Waals surface area contributed by atoms with E-state index in [-0.39, 0.29) is 5.82 Å². The van der Waals surface area contributed by atoms with Gasteiger partial charge in [-0.25, -0.2) is 9.97 Å². The van der Waals surface area contributed by atoms with Gasteiger partial charge >= 0.3 is 0 Å². The van der Waals surface area contributed by atoms with Crippen LogP contribution in [0, 0.1) is 0 Å². The first-order valence-corrected chi connectivity index (χ1v) is 3.81. The van der Waals surface area contributed by atoms with Crippen molar-refractivity contribution in [1.29, 1.82) is 0 Å². The fourth-order valence-electron chi connectivity index (χ4n) is 1.07. The van der Waals surface area contributed by atoms with Crippen molar-refractivity contribution in [3.8, 4) is 11.3 Å². The Bertz CT molecular complexity index is 409. The van der Waals surface area contributed by atoms with E-state index < -0.39 is 0 Å². The van der Waals surface area contributed by atoms with Crippen LogP contribution in [0.2, 0.25) is 0 Å². The molecule has 64 valence electrons. The van der Waals surface area contributed by atoms with Crippen molar-refractivity contribution in [3.05, 3.63) is 36.5 Å². The molecule has 2 aromatic heterocycles. The minimum absolute atomic E-state index is 0.207. The molecule has 0 amide bonds. The minimum Gasteiger partial charge on any atom is -0.367 e. The van der Waals surface area contributed by atoms with Crippen LogP contribution in [0.15, 0.2) is 30.7 Å². The van der Waals surface area contributed by atoms with Gasteiger partial charge in [0.15, 0.2) is 12.1 Å². The second-order valence-electron chi connectivity index (χ2n) is 2.52. The summed E-state index contributed by atoms with van der Waals surface area (Å²) in [4.78, 5) is 21.1. The van der Waals surface area contributed by atoms with E-state index in [9.17, 15) is 4.79 Å². The van der Waals surface area contributed by atoms with Crippen LogP contribution >= 0.6 is 0 Å². The number of nitrogens with zero attached hydrogens (tertiary/aromatic N) is 2. The number of aromatic amines is 1. The lowest BCUT2D eigenvalue weighted by atomic mass is 10.2. The van der Waals surface area contributed by atoms with Crippen LogP contribution in [0.4, 0.5) is 0 Å². The molecule has 4 heteroatoms. The van der Waals surface area contributed by atoms with Gasteiger partial charge in [-0.3, -0.25) is 4.79 Å². The van der Waals surface area contributed by atoms with Gasteiger partial charge in [0.25, 0.3) is 0 Å². The lowest BCUT2D eigenvalue weighted by Gasteiger charge is -1.95. The maximum absolute atomic E-state index is 10.4. The lowest BCUT2D eigenvalue weighted by Crippen LogP contribution is -1.92. The molecule has 2 rings (SSSR count). The van der Waals surface area contributed by atoms with Crippen LogP contribution in [-0.4, -0.2) is 21.2 Å². The van der Waals surface area contributed by atoms with Crippen molar-refractivity contribution in [1.82, 2.24) is 15.0 Å². The van der Waals surface area contributed by atoms with Gasteiger partial charge in [0, 0.05) is 24.2 Å². The van der Waals surface area contributed by atoms with Crippen molar-refractivity contribution in [2.75, 3.05) is 0 Å². The molecule has 4 nitrogen and oxygen atoms in total. The molecule has 0 fully saturated rings. The van der Waals surface area contributed by atoms with Crippen LogP contribution in [0.5, 0.6) is 0 Å². The Morgan fingerprint density at radius 1 is 1.38 bits per heavy atom. The highest BCUT2D eigenvalue weighted by atomic mass is 16.1. The molecule has 0 atom stereocenters. The molecule has 0 aliphatic carbocycles.